The Morgan fingerprint density at radius 3 is 0.534 bits per heavy atom. The van der Waals surface area contributed by atoms with Crippen molar-refractivity contribution in [3.8, 4) is 46.1 Å². The summed E-state index contributed by atoms with van der Waals surface area (Å²) < 4.78 is 9.35. The zero-order chi connectivity index (χ0) is 81.6. The van der Waals surface area contributed by atoms with E-state index in [-0.39, 0.29) is 99.5 Å². The van der Waals surface area contributed by atoms with E-state index >= 15 is 0 Å². The molecule has 0 saturated carbocycles. The minimum atomic E-state index is 0. The molecule has 0 aliphatic rings. The molecule has 0 aliphatic heterocycles. The summed E-state index contributed by atoms with van der Waals surface area (Å²) in [6.07, 6.45) is 0. The maximum Gasteiger partial charge on any atom is 2.00 e. The van der Waals surface area contributed by atoms with Gasteiger partial charge in [-0.2, -0.15) is 0 Å². The summed E-state index contributed by atoms with van der Waals surface area (Å²) in [5.41, 5.74) is 27.6. The van der Waals surface area contributed by atoms with Crippen LogP contribution in [0.15, 0.2) is 206 Å². The summed E-state index contributed by atoms with van der Waals surface area (Å²) in [7, 11) is 2.00. The van der Waals surface area contributed by atoms with Crippen molar-refractivity contribution in [3.63, 3.8) is 0 Å². The van der Waals surface area contributed by atoms with Gasteiger partial charge in [0.05, 0.1) is 44.1 Å². The van der Waals surface area contributed by atoms with Gasteiger partial charge >= 0.3 is 16.8 Å². The Hall–Kier alpha value is -8.71. The summed E-state index contributed by atoms with van der Waals surface area (Å²) >= 11 is 0. The Bertz CT molecular complexity index is 4890. The molecule has 6 aromatic heterocycles. The molecule has 0 unspecified atom stereocenters. The fourth-order valence-electron chi connectivity index (χ4n) is 14.4. The van der Waals surface area contributed by atoms with Crippen molar-refractivity contribution >= 4 is 44.1 Å². The van der Waals surface area contributed by atoms with Gasteiger partial charge in [0.2, 0.25) is 0 Å². The van der Waals surface area contributed by atoms with Crippen molar-refractivity contribution in [2.75, 3.05) is 14.2 Å². The second-order valence-electron chi connectivity index (χ2n) is 38.5. The van der Waals surface area contributed by atoms with Crippen LogP contribution in [-0.4, -0.2) is 78.1 Å². The van der Waals surface area contributed by atoms with E-state index in [1.54, 1.807) is 0 Å². The van der Waals surface area contributed by atoms with Gasteiger partial charge in [0, 0.05) is 40.4 Å². The molecule has 0 atom stereocenters. The molecule has 116 heavy (non-hydrogen) atoms. The number of para-hydroxylation sites is 8. The first-order chi connectivity index (χ1) is 52.5. The van der Waals surface area contributed by atoms with E-state index in [9.17, 15) is 0 Å². The molecule has 16 heteroatoms. The van der Waals surface area contributed by atoms with Crippen molar-refractivity contribution in [2.45, 2.75) is 236 Å². The molecule has 4 N–H and O–H groups in total. The zero-order valence-electron chi connectivity index (χ0n) is 73.4. The molecular weight excluding hydrogens is 1610 g/mol. The summed E-state index contributed by atoms with van der Waals surface area (Å²) in [6, 6.07) is 74.8. The van der Waals surface area contributed by atoms with Gasteiger partial charge in [-0.15, -0.1) is 0 Å². The van der Waals surface area contributed by atoms with E-state index in [1.165, 1.54) is 66.8 Å². The summed E-state index contributed by atoms with van der Waals surface area (Å²) in [6.45, 7) is 57.8. The number of aliphatic hydroxyl groups is 2. The maximum absolute atomic E-state index is 7.00. The van der Waals surface area contributed by atoms with Gasteiger partial charge in [-0.05, 0) is 183 Å². The second-order valence-corrected chi connectivity index (χ2v) is 38.5. The SMILES string of the molecule is CC(C)(C)c1cc(Cn2c(-c3cccc(-c4nc5ccccc5n4Cc4cc(C(C)(C)C)cc(C(C)(C)C)c4)n3)nc3ccccc32)cc(C(C)(C)C)c1.CC(C)(C)c1cc(Cn2c(-c3cccc(-c4nc5ccccc5n4Cc4cc(C(C)(C)C)cc(C(C)(C)C)c4)n3)nc3ccccc32)cc(C(C)(C)C)c1.CO.CO.O.[Br-].[Br-].[Co+2]. The number of aliphatic hydroxyl groups excluding tert-OH is 2. The van der Waals surface area contributed by atoms with Crippen molar-refractivity contribution < 1.29 is 66.4 Å². The smallest absolute Gasteiger partial charge is 1.00 e. The van der Waals surface area contributed by atoms with E-state index in [1.807, 2.05) is 0 Å². The quantitative estimate of drug-likeness (QED) is 0.122. The fourth-order valence-corrected chi connectivity index (χ4v) is 14.4. The number of benzene rings is 8. The molecule has 0 spiro atoms. The zero-order valence-corrected chi connectivity index (χ0v) is 77.6. The predicted octanol–water partition coefficient (Wildman–Crippen LogP) is 17.2. The van der Waals surface area contributed by atoms with Gasteiger partial charge in [-0.1, -0.05) is 300 Å². The number of fused-ring (bicyclic) bond motifs is 4. The number of hydrogen-bond acceptors (Lipinski definition) is 8. The summed E-state index contributed by atoms with van der Waals surface area (Å²) in [4.78, 5) is 31.6. The number of hydrogen-bond donors (Lipinski definition) is 2. The van der Waals surface area contributed by atoms with Crippen LogP contribution in [0, 0.1) is 0 Å². The number of imidazole rings is 4. The minimum Gasteiger partial charge on any atom is -1.00 e. The Kier molecular flexibility index (Phi) is 29.8. The number of halogens is 2. The summed E-state index contributed by atoms with van der Waals surface area (Å²) in [5.74, 6) is 3.41. The Labute approximate surface area is 722 Å². The van der Waals surface area contributed by atoms with Crippen LogP contribution >= 0.6 is 0 Å². The van der Waals surface area contributed by atoms with Crippen LogP contribution in [0.2, 0.25) is 0 Å². The van der Waals surface area contributed by atoms with E-state index in [4.69, 9.17) is 40.1 Å². The van der Waals surface area contributed by atoms with Crippen LogP contribution in [-0.2, 0) is 86.3 Å². The molecule has 0 bridgehead atoms. The third-order valence-electron chi connectivity index (χ3n) is 21.3. The van der Waals surface area contributed by atoms with E-state index in [2.05, 4.69) is 391 Å². The molecule has 0 amide bonds. The first-order valence-corrected chi connectivity index (χ1v) is 39.8. The van der Waals surface area contributed by atoms with Gasteiger partial charge in [-0.25, -0.2) is 29.9 Å². The molecule has 0 fully saturated rings. The van der Waals surface area contributed by atoms with Crippen molar-refractivity contribution in [1.29, 1.82) is 0 Å². The third kappa shape index (κ3) is 21.4. The van der Waals surface area contributed by atoms with Crippen LogP contribution in [0.1, 0.15) is 233 Å². The summed E-state index contributed by atoms with van der Waals surface area (Å²) in [5, 5.41) is 14.0. The van der Waals surface area contributed by atoms with Gasteiger partial charge in [-0.3, -0.25) is 0 Å². The molecule has 6 heterocycles. The van der Waals surface area contributed by atoms with Gasteiger partial charge < -0.3 is 67.9 Å². The molecule has 13 nitrogen and oxygen atoms in total. The first kappa shape index (κ1) is 94.4. The van der Waals surface area contributed by atoms with Crippen LogP contribution in [0.5, 0.6) is 0 Å². The van der Waals surface area contributed by atoms with Crippen LogP contribution in [0.25, 0.3) is 90.2 Å². The molecule has 8 aromatic carbocycles. The molecule has 14 aromatic rings. The monoisotopic (exact) mass is 1730 g/mol. The topological polar surface area (TPSA) is 169 Å². The minimum absolute atomic E-state index is 0. The predicted molar refractivity (Wildman–Crippen MR) is 475 cm³/mol. The standard InChI is InChI=1S/2C49H57N5.2CH4O.2BrH.Co.H2O/c2*1-46(2,3)34-24-32(25-35(28-34)47(4,5)6)30-53-42-22-15-13-18-38(42)51-44(53)40-20-17-21-41(50-40)45-52-39-19-14-16-23-43(39)54(45)31-33-26-36(48(7,8)9)29-37(27-33)49(10,11)12;2*1-2;;;;/h2*13-29H,30-31H2,1-12H3;2*2H,1H3;2*1H;;1H2/q;;;;;;+2;/p-2. The maximum atomic E-state index is 7.00. The second kappa shape index (κ2) is 36.7. The average molecular weight is 1730 g/mol. The largest absolute Gasteiger partial charge is 2.00 e. The number of aromatic nitrogens is 10. The van der Waals surface area contributed by atoms with Crippen molar-refractivity contribution in [3.05, 3.63) is 273 Å². The molecule has 0 saturated heterocycles. The van der Waals surface area contributed by atoms with Gasteiger partial charge in [0.1, 0.15) is 22.8 Å². The fraction of sp³-hybridized carbons (Fsp3) is 0.380. The van der Waals surface area contributed by atoms with E-state index in [0.29, 0.717) is 26.2 Å². The Balaban J connectivity index is 0.000000298. The average Bonchev–Trinajstić information content (AvgIpc) is 1.65. The van der Waals surface area contributed by atoms with Crippen molar-refractivity contribution in [2.24, 2.45) is 0 Å². The van der Waals surface area contributed by atoms with Crippen LogP contribution in [0.3, 0.4) is 0 Å². The molecule has 1 radical (unpaired) electrons. The van der Waals surface area contributed by atoms with Crippen LogP contribution in [0.4, 0.5) is 0 Å². The number of pyridine rings is 2. The third-order valence-corrected chi connectivity index (χ3v) is 21.3. The first-order valence-electron chi connectivity index (χ1n) is 39.8. The van der Waals surface area contributed by atoms with Crippen LogP contribution < -0.4 is 34.0 Å². The molecule has 615 valence electrons. The Morgan fingerprint density at radius 1 is 0.224 bits per heavy atom. The molecule has 0 aliphatic carbocycles. The van der Waals surface area contributed by atoms with Gasteiger partial charge in [0.25, 0.3) is 0 Å². The number of nitrogens with zero attached hydrogens (tertiary/aromatic N) is 10. The normalized spacial score (nSPS) is 12.2. The molecular formula is C100H124Br2CoN10O3. The van der Waals surface area contributed by atoms with E-state index in [0.717, 1.165) is 104 Å². The van der Waals surface area contributed by atoms with E-state index < -0.39 is 0 Å². The Morgan fingerprint density at radius 2 is 0.379 bits per heavy atom. The number of rotatable bonds is 12. The molecule has 14 rings (SSSR count). The van der Waals surface area contributed by atoms with Crippen molar-refractivity contribution in [1.82, 2.24) is 48.2 Å². The van der Waals surface area contributed by atoms with Gasteiger partial charge in [0.15, 0.2) is 23.3 Å².